The molecule has 0 spiro atoms. The molecule has 0 radical (unpaired) electrons. The van der Waals surface area contributed by atoms with Crippen LogP contribution >= 0.6 is 15.9 Å². The zero-order valence-corrected chi connectivity index (χ0v) is 8.17. The van der Waals surface area contributed by atoms with Gasteiger partial charge in [0.25, 0.3) is 0 Å². The number of rotatable bonds is 3. The van der Waals surface area contributed by atoms with E-state index in [0.717, 1.165) is 10.0 Å². The first-order chi connectivity index (χ1) is 5.70. The minimum absolute atomic E-state index is 0.259. The first kappa shape index (κ1) is 9.26. The van der Waals surface area contributed by atoms with Crippen molar-refractivity contribution in [3.05, 3.63) is 34.3 Å². The average Bonchev–Trinajstić information content (AvgIpc) is 2.03. The summed E-state index contributed by atoms with van der Waals surface area (Å²) in [6, 6.07) is 7.82. The summed E-state index contributed by atoms with van der Waals surface area (Å²) in [7, 11) is 0. The van der Waals surface area contributed by atoms with Crippen LogP contribution in [0.25, 0.3) is 0 Å². The molecule has 0 heterocycles. The Bertz CT molecular complexity index is 286. The van der Waals surface area contributed by atoms with Crippen molar-refractivity contribution in [3.63, 3.8) is 0 Å². The van der Waals surface area contributed by atoms with Crippen LogP contribution in [0.5, 0.6) is 0 Å². The lowest BCUT2D eigenvalue weighted by atomic mass is 10.1. The number of primary amides is 1. The molecule has 3 heteroatoms. The van der Waals surface area contributed by atoms with Crippen LogP contribution in [0.15, 0.2) is 28.7 Å². The molecule has 0 fully saturated rings. The summed E-state index contributed by atoms with van der Waals surface area (Å²) in [5.74, 6) is -0.259. The molecule has 0 bridgehead atoms. The van der Waals surface area contributed by atoms with Crippen molar-refractivity contribution >= 4 is 21.8 Å². The topological polar surface area (TPSA) is 43.1 Å². The first-order valence-corrected chi connectivity index (χ1v) is 4.51. The van der Waals surface area contributed by atoms with Crippen molar-refractivity contribution in [2.75, 3.05) is 0 Å². The number of benzene rings is 1. The van der Waals surface area contributed by atoms with Crippen molar-refractivity contribution < 1.29 is 4.79 Å². The molecule has 0 unspecified atom stereocenters. The number of carbonyl (C=O) groups is 1. The van der Waals surface area contributed by atoms with Crippen LogP contribution in [-0.2, 0) is 11.2 Å². The third-order valence-electron chi connectivity index (χ3n) is 1.60. The number of halogens is 1. The summed E-state index contributed by atoms with van der Waals surface area (Å²) < 4.78 is 1.03. The van der Waals surface area contributed by atoms with Crippen LogP contribution in [0.3, 0.4) is 0 Å². The molecule has 0 aromatic heterocycles. The number of aryl methyl sites for hydroxylation is 1. The quantitative estimate of drug-likeness (QED) is 0.842. The average molecular weight is 228 g/mol. The summed E-state index contributed by atoms with van der Waals surface area (Å²) in [6.45, 7) is 0. The fourth-order valence-corrected chi connectivity index (χ4v) is 1.44. The van der Waals surface area contributed by atoms with Gasteiger partial charge >= 0.3 is 0 Å². The fraction of sp³-hybridized carbons (Fsp3) is 0.222. The van der Waals surface area contributed by atoms with Gasteiger partial charge < -0.3 is 5.73 Å². The second-order valence-corrected chi connectivity index (χ2v) is 3.41. The van der Waals surface area contributed by atoms with E-state index >= 15 is 0 Å². The predicted molar refractivity (Wildman–Crippen MR) is 51.7 cm³/mol. The van der Waals surface area contributed by atoms with E-state index in [4.69, 9.17) is 5.73 Å². The third kappa shape index (κ3) is 2.66. The lowest BCUT2D eigenvalue weighted by Crippen LogP contribution is -2.11. The van der Waals surface area contributed by atoms with Crippen molar-refractivity contribution in [1.82, 2.24) is 0 Å². The highest BCUT2D eigenvalue weighted by Gasteiger charge is 1.99. The summed E-state index contributed by atoms with van der Waals surface area (Å²) in [6.07, 6.45) is 1.11. The molecule has 1 aromatic rings. The first-order valence-electron chi connectivity index (χ1n) is 3.72. The predicted octanol–water partition coefficient (Wildman–Crippen LogP) is 1.87. The van der Waals surface area contributed by atoms with Gasteiger partial charge in [-0.25, -0.2) is 0 Å². The van der Waals surface area contributed by atoms with E-state index in [2.05, 4.69) is 15.9 Å². The molecule has 2 N–H and O–H groups in total. The summed E-state index contributed by atoms with van der Waals surface area (Å²) in [5, 5.41) is 0. The van der Waals surface area contributed by atoms with Crippen LogP contribution in [0.2, 0.25) is 0 Å². The highest BCUT2D eigenvalue weighted by Crippen LogP contribution is 2.16. The van der Waals surface area contributed by atoms with Gasteiger partial charge in [-0.2, -0.15) is 0 Å². The van der Waals surface area contributed by atoms with E-state index in [-0.39, 0.29) is 5.91 Å². The van der Waals surface area contributed by atoms with Gasteiger partial charge in [-0.1, -0.05) is 34.1 Å². The number of carbonyl (C=O) groups excluding carboxylic acids is 1. The molecule has 0 aliphatic carbocycles. The smallest absolute Gasteiger partial charge is 0.217 e. The Morgan fingerprint density at radius 1 is 1.42 bits per heavy atom. The van der Waals surface area contributed by atoms with Crippen molar-refractivity contribution in [3.8, 4) is 0 Å². The van der Waals surface area contributed by atoms with E-state index in [9.17, 15) is 4.79 Å². The van der Waals surface area contributed by atoms with Crippen LogP contribution in [0.1, 0.15) is 12.0 Å². The third-order valence-corrected chi connectivity index (χ3v) is 2.37. The van der Waals surface area contributed by atoms with Gasteiger partial charge in [0, 0.05) is 10.9 Å². The number of amides is 1. The van der Waals surface area contributed by atoms with Gasteiger partial charge in [0.2, 0.25) is 5.91 Å². The Hall–Kier alpha value is -0.830. The van der Waals surface area contributed by atoms with Gasteiger partial charge in [0.15, 0.2) is 0 Å². The fourth-order valence-electron chi connectivity index (χ4n) is 0.959. The van der Waals surface area contributed by atoms with E-state index < -0.39 is 0 Å². The number of hydrogen-bond donors (Lipinski definition) is 1. The van der Waals surface area contributed by atoms with Crippen molar-refractivity contribution in [2.45, 2.75) is 12.8 Å². The molecule has 0 atom stereocenters. The lowest BCUT2D eigenvalue weighted by molar-refractivity contribution is -0.117. The molecule has 0 saturated heterocycles. The molecule has 1 amide bonds. The SMILES string of the molecule is NC(=O)CCc1ccccc1Br. The maximum absolute atomic E-state index is 10.5. The molecule has 0 saturated carbocycles. The zero-order valence-electron chi connectivity index (χ0n) is 6.59. The van der Waals surface area contributed by atoms with Crippen molar-refractivity contribution in [2.24, 2.45) is 5.73 Å². The number of nitrogens with two attached hydrogens (primary N) is 1. The van der Waals surface area contributed by atoms with E-state index in [0.29, 0.717) is 12.8 Å². The molecule has 0 aliphatic rings. The standard InChI is InChI=1S/C9H10BrNO/c10-8-4-2-1-3-7(8)5-6-9(11)12/h1-4H,5-6H2,(H2,11,12). The van der Waals surface area contributed by atoms with Gasteiger partial charge in [0.1, 0.15) is 0 Å². The maximum atomic E-state index is 10.5. The molecule has 12 heavy (non-hydrogen) atoms. The van der Waals surface area contributed by atoms with Gasteiger partial charge in [-0.3, -0.25) is 4.79 Å². The molecule has 0 aliphatic heterocycles. The Morgan fingerprint density at radius 3 is 2.67 bits per heavy atom. The monoisotopic (exact) mass is 227 g/mol. The highest BCUT2D eigenvalue weighted by molar-refractivity contribution is 9.10. The van der Waals surface area contributed by atoms with Crippen LogP contribution < -0.4 is 5.73 Å². The summed E-state index contributed by atoms with van der Waals surface area (Å²) in [5.41, 5.74) is 6.16. The Kier molecular flexibility index (Phi) is 3.29. The second-order valence-electron chi connectivity index (χ2n) is 2.56. The molecular weight excluding hydrogens is 218 g/mol. The Labute approximate surface area is 79.9 Å². The molecule has 2 nitrogen and oxygen atoms in total. The van der Waals surface area contributed by atoms with Gasteiger partial charge in [0.05, 0.1) is 0 Å². The van der Waals surface area contributed by atoms with Gasteiger partial charge in [-0.05, 0) is 18.1 Å². The molecular formula is C9H10BrNO. The summed E-state index contributed by atoms with van der Waals surface area (Å²) in [4.78, 5) is 10.5. The van der Waals surface area contributed by atoms with Crippen molar-refractivity contribution in [1.29, 1.82) is 0 Å². The lowest BCUT2D eigenvalue weighted by Gasteiger charge is -2.00. The summed E-state index contributed by atoms with van der Waals surface area (Å²) >= 11 is 3.39. The van der Waals surface area contributed by atoms with E-state index in [1.165, 1.54) is 0 Å². The minimum Gasteiger partial charge on any atom is -0.370 e. The van der Waals surface area contributed by atoms with Crippen LogP contribution in [0, 0.1) is 0 Å². The zero-order chi connectivity index (χ0) is 8.97. The van der Waals surface area contributed by atoms with E-state index in [1.807, 2.05) is 24.3 Å². The Morgan fingerprint density at radius 2 is 2.08 bits per heavy atom. The minimum atomic E-state index is -0.259. The van der Waals surface area contributed by atoms with Gasteiger partial charge in [-0.15, -0.1) is 0 Å². The van der Waals surface area contributed by atoms with Crippen LogP contribution in [-0.4, -0.2) is 5.91 Å². The highest BCUT2D eigenvalue weighted by atomic mass is 79.9. The molecule has 64 valence electrons. The Balaban J connectivity index is 2.63. The normalized spacial score (nSPS) is 9.75. The largest absolute Gasteiger partial charge is 0.370 e. The second kappa shape index (κ2) is 4.26. The molecule has 1 rings (SSSR count). The maximum Gasteiger partial charge on any atom is 0.217 e. The van der Waals surface area contributed by atoms with Crippen LogP contribution in [0.4, 0.5) is 0 Å². The van der Waals surface area contributed by atoms with E-state index in [1.54, 1.807) is 0 Å². The number of hydrogen-bond acceptors (Lipinski definition) is 1. The molecule has 1 aromatic carbocycles.